The average Bonchev–Trinajstić information content (AvgIpc) is 2.41. The fourth-order valence-corrected chi connectivity index (χ4v) is 2.59. The Morgan fingerprint density at radius 2 is 2.12 bits per heavy atom. The molecule has 0 aromatic heterocycles. The molecule has 0 unspecified atom stereocenters. The molecule has 2 N–H and O–H groups in total. The molecular weight excluding hydrogens is 222 g/mol. The molecule has 0 amide bonds. The number of hydrogen-bond acceptors (Lipinski definition) is 2. The number of halogens is 1. The van der Waals surface area contributed by atoms with Crippen molar-refractivity contribution < 1.29 is 4.74 Å². The molecule has 86 valence electrons. The van der Waals surface area contributed by atoms with Gasteiger partial charge in [-0.1, -0.05) is 23.8 Å². The summed E-state index contributed by atoms with van der Waals surface area (Å²) < 4.78 is 5.38. The normalized spacial score (nSPS) is 15.5. The monoisotopic (exact) mass is 237 g/mol. The van der Waals surface area contributed by atoms with Gasteiger partial charge >= 0.3 is 0 Å². The van der Waals surface area contributed by atoms with Gasteiger partial charge in [0.2, 0.25) is 0 Å². The van der Waals surface area contributed by atoms with E-state index in [1.807, 2.05) is 0 Å². The minimum Gasteiger partial charge on any atom is -0.494 e. The summed E-state index contributed by atoms with van der Waals surface area (Å²) in [5, 5.41) is 0.733. The number of nitrogens with two attached hydrogens (primary N) is 1. The van der Waals surface area contributed by atoms with E-state index in [0.717, 1.165) is 47.6 Å². The summed E-state index contributed by atoms with van der Waals surface area (Å²) >= 11 is 6.24. The Morgan fingerprint density at radius 1 is 1.38 bits per heavy atom. The molecule has 0 saturated heterocycles. The van der Waals surface area contributed by atoms with E-state index in [0.29, 0.717) is 5.69 Å². The Labute approximate surface area is 101 Å². The third-order valence-electron chi connectivity index (χ3n) is 3.06. The van der Waals surface area contributed by atoms with E-state index < -0.39 is 0 Å². The van der Waals surface area contributed by atoms with Crippen LogP contribution in [-0.2, 0) is 12.8 Å². The Morgan fingerprint density at radius 3 is 2.81 bits per heavy atom. The van der Waals surface area contributed by atoms with Crippen LogP contribution in [0, 0.1) is 0 Å². The summed E-state index contributed by atoms with van der Waals surface area (Å²) in [5.74, 6) is 0.786. The van der Waals surface area contributed by atoms with Crippen LogP contribution >= 0.6 is 11.6 Å². The first-order chi connectivity index (χ1) is 7.63. The third-order valence-corrected chi connectivity index (χ3v) is 3.40. The number of allylic oxidation sites excluding steroid dienone is 1. The lowest BCUT2D eigenvalue weighted by Crippen LogP contribution is -2.02. The van der Waals surface area contributed by atoms with Gasteiger partial charge in [-0.15, -0.1) is 0 Å². The van der Waals surface area contributed by atoms with E-state index in [4.69, 9.17) is 22.1 Å². The van der Waals surface area contributed by atoms with Gasteiger partial charge in [0.25, 0.3) is 0 Å². The summed E-state index contributed by atoms with van der Waals surface area (Å²) in [6.45, 7) is 4.06. The number of methoxy groups -OCH3 is 1. The molecule has 2 rings (SSSR count). The zero-order chi connectivity index (χ0) is 11.7. The van der Waals surface area contributed by atoms with Crippen molar-refractivity contribution in [3.05, 3.63) is 34.4 Å². The lowest BCUT2D eigenvalue weighted by molar-refractivity contribution is 0.411. The summed E-state index contributed by atoms with van der Waals surface area (Å²) in [6, 6.07) is 1.78. The second-order valence-corrected chi connectivity index (χ2v) is 4.63. The average molecular weight is 238 g/mol. The largest absolute Gasteiger partial charge is 0.494 e. The van der Waals surface area contributed by atoms with Crippen molar-refractivity contribution in [1.82, 2.24) is 0 Å². The minimum atomic E-state index is 0.624. The maximum atomic E-state index is 6.24. The van der Waals surface area contributed by atoms with Gasteiger partial charge in [-0.05, 0) is 37.3 Å². The number of rotatable bonds is 1. The molecule has 16 heavy (non-hydrogen) atoms. The summed E-state index contributed by atoms with van der Waals surface area (Å²) in [6.07, 6.45) is 3.93. The zero-order valence-corrected chi connectivity index (χ0v) is 10.2. The van der Waals surface area contributed by atoms with Gasteiger partial charge in [0.05, 0.1) is 12.8 Å². The number of fused-ring (bicyclic) bond motifs is 1. The first-order valence-corrected chi connectivity index (χ1v) is 5.81. The van der Waals surface area contributed by atoms with Crippen molar-refractivity contribution in [1.29, 1.82) is 0 Å². The van der Waals surface area contributed by atoms with Gasteiger partial charge < -0.3 is 10.5 Å². The quantitative estimate of drug-likeness (QED) is 0.462. The van der Waals surface area contributed by atoms with E-state index in [1.54, 1.807) is 13.2 Å². The van der Waals surface area contributed by atoms with Crippen LogP contribution in [0.1, 0.15) is 24.0 Å². The summed E-state index contributed by atoms with van der Waals surface area (Å²) in [4.78, 5) is 0. The predicted octanol–water partition coefficient (Wildman–Crippen LogP) is 3.37. The van der Waals surface area contributed by atoms with Crippen LogP contribution in [0.5, 0.6) is 5.75 Å². The summed E-state index contributed by atoms with van der Waals surface area (Å²) in [5.41, 5.74) is 10.1. The number of benzene rings is 1. The topological polar surface area (TPSA) is 35.2 Å². The van der Waals surface area contributed by atoms with E-state index in [9.17, 15) is 0 Å². The SMILES string of the molecule is C=C1CCCc2c(c(Cl)cc(N)c2OC)C1. The molecular formula is C13H16ClNO. The molecule has 1 aliphatic rings. The van der Waals surface area contributed by atoms with Crippen molar-refractivity contribution in [2.24, 2.45) is 0 Å². The van der Waals surface area contributed by atoms with Crippen LogP contribution in [0.3, 0.4) is 0 Å². The number of nitrogen functional groups attached to an aromatic ring is 1. The first-order valence-electron chi connectivity index (χ1n) is 5.44. The number of ether oxygens (including phenoxy) is 1. The molecule has 0 saturated carbocycles. The Bertz CT molecular complexity index is 440. The Balaban J connectivity index is 2.60. The van der Waals surface area contributed by atoms with Crippen molar-refractivity contribution in [2.75, 3.05) is 12.8 Å². The smallest absolute Gasteiger partial charge is 0.145 e. The van der Waals surface area contributed by atoms with Crippen LogP contribution < -0.4 is 10.5 Å². The van der Waals surface area contributed by atoms with Crippen molar-refractivity contribution in [2.45, 2.75) is 25.7 Å². The first kappa shape index (κ1) is 11.3. The van der Waals surface area contributed by atoms with E-state index >= 15 is 0 Å². The second kappa shape index (κ2) is 4.38. The molecule has 0 spiro atoms. The lowest BCUT2D eigenvalue weighted by atomic mass is 10.00. The number of anilines is 1. The molecule has 1 aromatic carbocycles. The molecule has 0 atom stereocenters. The van der Waals surface area contributed by atoms with Gasteiger partial charge in [-0.25, -0.2) is 0 Å². The predicted molar refractivity (Wildman–Crippen MR) is 68.2 cm³/mol. The molecule has 1 aliphatic carbocycles. The van der Waals surface area contributed by atoms with Gasteiger partial charge in [-0.2, -0.15) is 0 Å². The van der Waals surface area contributed by atoms with Gasteiger partial charge in [-0.3, -0.25) is 0 Å². The van der Waals surface area contributed by atoms with E-state index in [-0.39, 0.29) is 0 Å². The van der Waals surface area contributed by atoms with Crippen LogP contribution in [0.2, 0.25) is 5.02 Å². The highest BCUT2D eigenvalue weighted by atomic mass is 35.5. The third kappa shape index (κ3) is 1.90. The molecule has 1 aromatic rings. The second-order valence-electron chi connectivity index (χ2n) is 4.22. The Kier molecular flexibility index (Phi) is 3.10. The minimum absolute atomic E-state index is 0.624. The maximum absolute atomic E-state index is 6.24. The lowest BCUT2D eigenvalue weighted by Gasteiger charge is -2.15. The summed E-state index contributed by atoms with van der Waals surface area (Å²) in [7, 11) is 1.65. The van der Waals surface area contributed by atoms with Crippen LogP contribution in [-0.4, -0.2) is 7.11 Å². The molecule has 0 fully saturated rings. The van der Waals surface area contributed by atoms with Gasteiger partial charge in [0.1, 0.15) is 5.75 Å². The van der Waals surface area contributed by atoms with Crippen LogP contribution in [0.4, 0.5) is 5.69 Å². The molecule has 2 nitrogen and oxygen atoms in total. The van der Waals surface area contributed by atoms with Crippen molar-refractivity contribution in [3.8, 4) is 5.75 Å². The molecule has 0 aliphatic heterocycles. The van der Waals surface area contributed by atoms with Crippen LogP contribution in [0.25, 0.3) is 0 Å². The molecule has 0 radical (unpaired) electrons. The maximum Gasteiger partial charge on any atom is 0.145 e. The Hall–Kier alpha value is -1.15. The zero-order valence-electron chi connectivity index (χ0n) is 9.48. The van der Waals surface area contributed by atoms with E-state index in [2.05, 4.69) is 6.58 Å². The highest BCUT2D eigenvalue weighted by Crippen LogP contribution is 2.38. The standard InChI is InChI=1S/C13H16ClNO/c1-8-4-3-5-9-10(6-8)11(14)7-12(15)13(9)16-2/h7H,1,3-6,15H2,2H3. The van der Waals surface area contributed by atoms with Gasteiger partial charge in [0.15, 0.2) is 0 Å². The highest BCUT2D eigenvalue weighted by molar-refractivity contribution is 6.32. The number of hydrogen-bond donors (Lipinski definition) is 1. The van der Waals surface area contributed by atoms with Crippen molar-refractivity contribution >= 4 is 17.3 Å². The fourth-order valence-electron chi connectivity index (χ4n) is 2.29. The highest BCUT2D eigenvalue weighted by Gasteiger charge is 2.19. The molecule has 0 heterocycles. The molecule has 3 heteroatoms. The molecule has 0 bridgehead atoms. The van der Waals surface area contributed by atoms with Crippen LogP contribution in [0.15, 0.2) is 18.2 Å². The van der Waals surface area contributed by atoms with Crippen molar-refractivity contribution in [3.63, 3.8) is 0 Å². The van der Waals surface area contributed by atoms with E-state index in [1.165, 1.54) is 5.57 Å². The van der Waals surface area contributed by atoms with Gasteiger partial charge in [0, 0.05) is 10.6 Å². The fraction of sp³-hybridized carbons (Fsp3) is 0.385.